The number of aryl methyl sites for hydroxylation is 1. The standard InChI is InChI=1S/C19H16BrClN2O4/c1-11-6-14(21)3-4-16(11)23-9-12(8-22-23)19(26)15-7-13(20)2-5-17(15)27-10-18(24)25/h2-8,12H,9-10H2,1H3,(H,24,25). The first-order chi connectivity index (χ1) is 12.8. The Kier molecular flexibility index (Phi) is 5.82. The van der Waals surface area contributed by atoms with E-state index in [2.05, 4.69) is 21.0 Å². The molecule has 1 atom stereocenters. The fraction of sp³-hybridized carbons (Fsp3) is 0.211. The maximum Gasteiger partial charge on any atom is 0.341 e. The van der Waals surface area contributed by atoms with Gasteiger partial charge in [-0.25, -0.2) is 4.79 Å². The third-order valence-electron chi connectivity index (χ3n) is 4.09. The van der Waals surface area contributed by atoms with Gasteiger partial charge in [0.25, 0.3) is 0 Å². The number of halogens is 2. The molecule has 3 rings (SSSR count). The number of aliphatic carboxylic acids is 1. The van der Waals surface area contributed by atoms with Gasteiger partial charge >= 0.3 is 5.97 Å². The number of carboxylic acids is 1. The van der Waals surface area contributed by atoms with Crippen LogP contribution in [0.25, 0.3) is 0 Å². The Bertz CT molecular complexity index is 932. The van der Waals surface area contributed by atoms with Crippen molar-refractivity contribution in [2.45, 2.75) is 6.92 Å². The van der Waals surface area contributed by atoms with Gasteiger partial charge in [-0.3, -0.25) is 9.80 Å². The molecule has 0 fully saturated rings. The fourth-order valence-electron chi connectivity index (χ4n) is 2.82. The maximum atomic E-state index is 13.0. The third kappa shape index (κ3) is 4.48. The van der Waals surface area contributed by atoms with E-state index < -0.39 is 18.5 Å². The molecule has 0 amide bonds. The summed E-state index contributed by atoms with van der Waals surface area (Å²) in [5, 5.41) is 15.6. The number of carbonyl (C=O) groups is 2. The molecule has 0 saturated heterocycles. The fourth-order valence-corrected chi connectivity index (χ4v) is 3.41. The molecule has 140 valence electrons. The summed E-state index contributed by atoms with van der Waals surface area (Å²) in [6, 6.07) is 10.4. The lowest BCUT2D eigenvalue weighted by atomic mass is 9.98. The molecule has 6 nitrogen and oxygen atoms in total. The molecular formula is C19H16BrClN2O4. The van der Waals surface area contributed by atoms with Crippen molar-refractivity contribution in [2.24, 2.45) is 11.0 Å². The van der Waals surface area contributed by atoms with Crippen molar-refractivity contribution < 1.29 is 19.4 Å². The van der Waals surface area contributed by atoms with Gasteiger partial charge in [0, 0.05) is 15.7 Å². The van der Waals surface area contributed by atoms with Gasteiger partial charge in [-0.1, -0.05) is 27.5 Å². The van der Waals surface area contributed by atoms with Crippen molar-refractivity contribution in [1.29, 1.82) is 0 Å². The molecule has 0 saturated carbocycles. The van der Waals surface area contributed by atoms with E-state index in [1.165, 1.54) is 0 Å². The number of hydrogen-bond donors (Lipinski definition) is 1. The lowest BCUT2D eigenvalue weighted by Crippen LogP contribution is -2.25. The lowest BCUT2D eigenvalue weighted by molar-refractivity contribution is -0.139. The van der Waals surface area contributed by atoms with Crippen molar-refractivity contribution in [3.05, 3.63) is 57.0 Å². The molecule has 2 aromatic rings. The van der Waals surface area contributed by atoms with E-state index >= 15 is 0 Å². The number of Topliss-reactive ketones (excluding diaryl/α,β-unsaturated/α-hetero) is 1. The second-order valence-electron chi connectivity index (χ2n) is 6.07. The van der Waals surface area contributed by atoms with Crippen molar-refractivity contribution in [3.8, 4) is 5.75 Å². The quantitative estimate of drug-likeness (QED) is 0.667. The molecule has 0 aromatic heterocycles. The minimum absolute atomic E-state index is 0.186. The highest BCUT2D eigenvalue weighted by molar-refractivity contribution is 9.10. The molecule has 1 heterocycles. The second kappa shape index (κ2) is 8.10. The van der Waals surface area contributed by atoms with Crippen LogP contribution in [0.3, 0.4) is 0 Å². The summed E-state index contributed by atoms with van der Waals surface area (Å²) < 4.78 is 5.97. The maximum absolute atomic E-state index is 13.0. The summed E-state index contributed by atoms with van der Waals surface area (Å²) in [5.74, 6) is -1.53. The van der Waals surface area contributed by atoms with Crippen LogP contribution < -0.4 is 9.75 Å². The number of nitrogens with zero attached hydrogens (tertiary/aromatic N) is 2. The number of hydrazone groups is 1. The van der Waals surface area contributed by atoms with E-state index in [1.807, 2.05) is 19.1 Å². The minimum atomic E-state index is -1.11. The third-order valence-corrected chi connectivity index (χ3v) is 4.82. The van der Waals surface area contributed by atoms with Gasteiger partial charge in [0.15, 0.2) is 12.4 Å². The number of carbonyl (C=O) groups excluding carboxylic acids is 1. The molecule has 1 unspecified atom stereocenters. The van der Waals surface area contributed by atoms with Gasteiger partial charge in [-0.15, -0.1) is 0 Å². The van der Waals surface area contributed by atoms with Crippen LogP contribution in [0.15, 0.2) is 46.0 Å². The van der Waals surface area contributed by atoms with Crippen LogP contribution in [0.4, 0.5) is 5.69 Å². The highest BCUT2D eigenvalue weighted by atomic mass is 79.9. The predicted molar refractivity (Wildman–Crippen MR) is 107 cm³/mol. The summed E-state index contributed by atoms with van der Waals surface area (Å²) in [6.07, 6.45) is 1.60. The van der Waals surface area contributed by atoms with Crippen LogP contribution in [0.5, 0.6) is 5.75 Å². The number of anilines is 1. The Morgan fingerprint density at radius 1 is 1.33 bits per heavy atom. The number of rotatable bonds is 6. The van der Waals surface area contributed by atoms with Gasteiger partial charge in [0.05, 0.1) is 23.7 Å². The Morgan fingerprint density at radius 2 is 2.11 bits per heavy atom. The number of ketones is 1. The molecule has 0 radical (unpaired) electrons. The minimum Gasteiger partial charge on any atom is -0.481 e. The van der Waals surface area contributed by atoms with E-state index in [4.69, 9.17) is 21.4 Å². The average molecular weight is 452 g/mol. The highest BCUT2D eigenvalue weighted by Gasteiger charge is 2.29. The van der Waals surface area contributed by atoms with Gasteiger partial charge < -0.3 is 9.84 Å². The Hall–Kier alpha value is -2.38. The predicted octanol–water partition coefficient (Wildman–Crippen LogP) is 4.18. The highest BCUT2D eigenvalue weighted by Crippen LogP contribution is 2.30. The lowest BCUT2D eigenvalue weighted by Gasteiger charge is -2.18. The van der Waals surface area contributed by atoms with Gasteiger partial charge in [0.1, 0.15) is 5.75 Å². The normalized spacial score (nSPS) is 15.8. The molecule has 0 aliphatic carbocycles. The molecule has 2 aromatic carbocycles. The van der Waals surface area contributed by atoms with Gasteiger partial charge in [0.2, 0.25) is 0 Å². The Morgan fingerprint density at radius 3 is 2.81 bits per heavy atom. The number of ether oxygens (including phenoxy) is 1. The van der Waals surface area contributed by atoms with Crippen LogP contribution in [0.1, 0.15) is 15.9 Å². The molecule has 8 heteroatoms. The van der Waals surface area contributed by atoms with E-state index in [9.17, 15) is 9.59 Å². The average Bonchev–Trinajstić information content (AvgIpc) is 3.09. The van der Waals surface area contributed by atoms with Crippen molar-refractivity contribution in [3.63, 3.8) is 0 Å². The van der Waals surface area contributed by atoms with Crippen LogP contribution in [-0.4, -0.2) is 36.2 Å². The summed E-state index contributed by atoms with van der Waals surface area (Å²) in [4.78, 5) is 23.8. The number of carboxylic acid groups (broad SMARTS) is 1. The largest absolute Gasteiger partial charge is 0.481 e. The first-order valence-corrected chi connectivity index (χ1v) is 9.28. The molecule has 0 bridgehead atoms. The summed E-state index contributed by atoms with van der Waals surface area (Å²) in [6.45, 7) is 1.79. The first-order valence-electron chi connectivity index (χ1n) is 8.11. The van der Waals surface area contributed by atoms with Crippen LogP contribution in [-0.2, 0) is 4.79 Å². The second-order valence-corrected chi connectivity index (χ2v) is 7.42. The van der Waals surface area contributed by atoms with Crippen LogP contribution in [0.2, 0.25) is 5.02 Å². The zero-order chi connectivity index (χ0) is 19.6. The van der Waals surface area contributed by atoms with Gasteiger partial charge in [-0.2, -0.15) is 5.10 Å². The molecular weight excluding hydrogens is 436 g/mol. The zero-order valence-corrected chi connectivity index (χ0v) is 16.7. The Labute approximate surface area is 169 Å². The topological polar surface area (TPSA) is 79.2 Å². The zero-order valence-electron chi connectivity index (χ0n) is 14.4. The van der Waals surface area contributed by atoms with Crippen molar-refractivity contribution in [2.75, 3.05) is 18.2 Å². The molecule has 1 aliphatic heterocycles. The summed E-state index contributed by atoms with van der Waals surface area (Å²) in [5.41, 5.74) is 2.15. The molecule has 1 aliphatic rings. The smallest absolute Gasteiger partial charge is 0.341 e. The van der Waals surface area contributed by atoms with Crippen molar-refractivity contribution in [1.82, 2.24) is 0 Å². The van der Waals surface area contributed by atoms with E-state index in [1.54, 1.807) is 35.5 Å². The molecule has 1 N–H and O–H groups in total. The van der Waals surface area contributed by atoms with E-state index in [-0.39, 0.29) is 11.5 Å². The summed E-state index contributed by atoms with van der Waals surface area (Å²) in [7, 11) is 0. The van der Waals surface area contributed by atoms with Crippen molar-refractivity contribution >= 4 is 51.2 Å². The number of benzene rings is 2. The Balaban J connectivity index is 1.80. The monoisotopic (exact) mass is 450 g/mol. The van der Waals surface area contributed by atoms with Gasteiger partial charge in [-0.05, 0) is 48.9 Å². The van der Waals surface area contributed by atoms with Crippen LogP contribution in [0, 0.1) is 12.8 Å². The van der Waals surface area contributed by atoms with E-state index in [0.717, 1.165) is 11.3 Å². The summed E-state index contributed by atoms with van der Waals surface area (Å²) >= 11 is 9.33. The number of hydrogen-bond acceptors (Lipinski definition) is 5. The molecule has 27 heavy (non-hydrogen) atoms. The SMILES string of the molecule is Cc1cc(Cl)ccc1N1CC(C(=O)c2cc(Br)ccc2OCC(=O)O)C=N1. The molecule has 0 spiro atoms. The van der Waals surface area contributed by atoms with Crippen LogP contribution >= 0.6 is 27.5 Å². The first kappa shape index (κ1) is 19.4. The van der Waals surface area contributed by atoms with E-state index in [0.29, 0.717) is 21.6 Å².